The molecule has 0 spiro atoms. The number of rotatable bonds is 11. The van der Waals surface area contributed by atoms with Crippen LogP contribution in [0.3, 0.4) is 0 Å². The molecular weight excluding hydrogens is 360 g/mol. The maximum absolute atomic E-state index is 11.7. The summed E-state index contributed by atoms with van der Waals surface area (Å²) in [4.78, 5) is 2.24. The first-order valence-corrected chi connectivity index (χ1v) is 10.9. The van der Waals surface area contributed by atoms with Crippen molar-refractivity contribution in [1.82, 2.24) is 4.90 Å². The highest BCUT2D eigenvalue weighted by atomic mass is 32.2. The van der Waals surface area contributed by atoms with Crippen molar-refractivity contribution in [3.8, 4) is 6.07 Å². The lowest BCUT2D eigenvalue weighted by molar-refractivity contribution is 0.167. The number of nitrogens with zero attached hydrogens (tertiary/aromatic N) is 2. The van der Waals surface area contributed by atoms with Gasteiger partial charge in [-0.1, -0.05) is 60.7 Å². The molecule has 1 unspecified atom stereocenters. The summed E-state index contributed by atoms with van der Waals surface area (Å²) in [6.45, 7) is 2.21. The topological polar surface area (TPSA) is 70.4 Å². The second-order valence-electron chi connectivity index (χ2n) is 6.51. The van der Waals surface area contributed by atoms with Crippen molar-refractivity contribution in [2.45, 2.75) is 31.9 Å². The number of benzene rings is 2. The standard InChI is InChI=1S/C21H26N2O3S/c1-27(24,25)26-21(20-12-6-3-7-13-20)14-17-23(16-9-8-15-22)18-19-10-4-2-5-11-19/h2-7,10-13,21H,8-9,14,16-18H2,1H3. The molecule has 5 nitrogen and oxygen atoms in total. The van der Waals surface area contributed by atoms with E-state index >= 15 is 0 Å². The van der Waals surface area contributed by atoms with Crippen molar-refractivity contribution in [1.29, 1.82) is 5.26 Å². The van der Waals surface area contributed by atoms with E-state index in [1.54, 1.807) is 0 Å². The number of nitriles is 1. The van der Waals surface area contributed by atoms with Crippen molar-refractivity contribution >= 4 is 10.1 Å². The molecule has 2 aromatic carbocycles. The Morgan fingerprint density at radius 3 is 2.26 bits per heavy atom. The smallest absolute Gasteiger partial charge is 0.264 e. The molecule has 0 fully saturated rings. The Kier molecular flexibility index (Phi) is 8.46. The number of hydrogen-bond acceptors (Lipinski definition) is 5. The fourth-order valence-electron chi connectivity index (χ4n) is 2.94. The SMILES string of the molecule is CS(=O)(=O)OC(CCN(CCCC#N)Cc1ccccc1)c1ccccc1. The summed E-state index contributed by atoms with van der Waals surface area (Å²) in [5.74, 6) is 0. The van der Waals surface area contributed by atoms with E-state index in [1.165, 1.54) is 5.56 Å². The third-order valence-corrected chi connectivity index (χ3v) is 4.76. The summed E-state index contributed by atoms with van der Waals surface area (Å²) in [6, 6.07) is 21.7. The quantitative estimate of drug-likeness (QED) is 0.433. The van der Waals surface area contributed by atoms with Crippen LogP contribution < -0.4 is 0 Å². The average molecular weight is 387 g/mol. The normalized spacial score (nSPS) is 12.6. The van der Waals surface area contributed by atoms with Gasteiger partial charge in [0.15, 0.2) is 0 Å². The molecule has 0 saturated heterocycles. The first kappa shape index (κ1) is 21.1. The summed E-state index contributed by atoms with van der Waals surface area (Å²) in [7, 11) is -3.56. The molecule has 2 aromatic rings. The lowest BCUT2D eigenvalue weighted by Gasteiger charge is -2.25. The fraction of sp³-hybridized carbons (Fsp3) is 0.381. The molecule has 0 aliphatic carbocycles. The third-order valence-electron chi connectivity index (χ3n) is 4.18. The molecule has 0 aliphatic rings. The largest absolute Gasteiger partial charge is 0.299 e. The average Bonchev–Trinajstić information content (AvgIpc) is 2.65. The molecule has 2 rings (SSSR count). The highest BCUT2D eigenvalue weighted by molar-refractivity contribution is 7.86. The third kappa shape index (κ3) is 8.35. The summed E-state index contributed by atoms with van der Waals surface area (Å²) in [6.07, 6.45) is 2.41. The van der Waals surface area contributed by atoms with E-state index in [-0.39, 0.29) is 0 Å². The van der Waals surface area contributed by atoms with Gasteiger partial charge in [-0.2, -0.15) is 13.7 Å². The van der Waals surface area contributed by atoms with Gasteiger partial charge in [-0.3, -0.25) is 9.08 Å². The number of unbranched alkanes of at least 4 members (excludes halogenated alkanes) is 1. The van der Waals surface area contributed by atoms with Crippen LogP contribution in [0.4, 0.5) is 0 Å². The zero-order valence-electron chi connectivity index (χ0n) is 15.6. The maximum Gasteiger partial charge on any atom is 0.264 e. The van der Waals surface area contributed by atoms with Crippen LogP contribution in [0, 0.1) is 11.3 Å². The Morgan fingerprint density at radius 1 is 1.04 bits per heavy atom. The lowest BCUT2D eigenvalue weighted by Crippen LogP contribution is -2.27. The van der Waals surface area contributed by atoms with Crippen LogP contribution in [-0.4, -0.2) is 32.7 Å². The molecule has 0 saturated carbocycles. The minimum Gasteiger partial charge on any atom is -0.299 e. The van der Waals surface area contributed by atoms with Gasteiger partial charge in [-0.25, -0.2) is 0 Å². The Labute approximate surface area is 162 Å². The van der Waals surface area contributed by atoms with E-state index in [9.17, 15) is 8.42 Å². The molecule has 6 heteroatoms. The monoisotopic (exact) mass is 386 g/mol. The van der Waals surface area contributed by atoms with Gasteiger partial charge >= 0.3 is 0 Å². The molecule has 0 aliphatic heterocycles. The van der Waals surface area contributed by atoms with Crippen LogP contribution in [0.1, 0.15) is 36.5 Å². The molecule has 0 heterocycles. The fourth-order valence-corrected chi connectivity index (χ4v) is 3.57. The van der Waals surface area contributed by atoms with Crippen LogP contribution in [-0.2, 0) is 20.8 Å². The minimum absolute atomic E-state index is 0.507. The van der Waals surface area contributed by atoms with Crippen LogP contribution in [0.5, 0.6) is 0 Å². The van der Waals surface area contributed by atoms with Gasteiger partial charge in [0.05, 0.1) is 12.3 Å². The van der Waals surface area contributed by atoms with Crippen molar-refractivity contribution in [2.75, 3.05) is 19.3 Å². The molecule has 0 bridgehead atoms. The van der Waals surface area contributed by atoms with Gasteiger partial charge in [0.2, 0.25) is 0 Å². The van der Waals surface area contributed by atoms with Gasteiger partial charge in [-0.15, -0.1) is 0 Å². The van der Waals surface area contributed by atoms with Crippen molar-refractivity contribution in [3.63, 3.8) is 0 Å². The summed E-state index contributed by atoms with van der Waals surface area (Å²) in [5.41, 5.74) is 2.04. The van der Waals surface area contributed by atoms with E-state index in [0.717, 1.165) is 31.3 Å². The highest BCUT2D eigenvalue weighted by Gasteiger charge is 2.19. The van der Waals surface area contributed by atoms with Gasteiger partial charge in [-0.05, 0) is 30.5 Å². The van der Waals surface area contributed by atoms with Gasteiger partial charge in [0.25, 0.3) is 10.1 Å². The summed E-state index contributed by atoms with van der Waals surface area (Å²) < 4.78 is 28.7. The van der Waals surface area contributed by atoms with E-state index in [2.05, 4.69) is 23.1 Å². The van der Waals surface area contributed by atoms with Gasteiger partial charge in [0.1, 0.15) is 6.10 Å². The van der Waals surface area contributed by atoms with E-state index in [0.29, 0.717) is 19.4 Å². The second kappa shape index (κ2) is 10.8. The molecule has 0 N–H and O–H groups in total. The van der Waals surface area contributed by atoms with E-state index in [4.69, 9.17) is 9.44 Å². The summed E-state index contributed by atoms with van der Waals surface area (Å²) >= 11 is 0. The zero-order chi connectivity index (χ0) is 19.5. The molecule has 0 aromatic heterocycles. The van der Waals surface area contributed by atoms with Crippen LogP contribution in [0.15, 0.2) is 60.7 Å². The molecule has 27 heavy (non-hydrogen) atoms. The first-order chi connectivity index (χ1) is 13.0. The lowest BCUT2D eigenvalue weighted by atomic mass is 10.1. The van der Waals surface area contributed by atoms with Crippen LogP contribution in [0.25, 0.3) is 0 Å². The first-order valence-electron chi connectivity index (χ1n) is 9.04. The minimum atomic E-state index is -3.56. The molecular formula is C21H26N2O3S. The van der Waals surface area contributed by atoms with Crippen molar-refractivity contribution in [2.24, 2.45) is 0 Å². The molecule has 0 amide bonds. The highest BCUT2D eigenvalue weighted by Crippen LogP contribution is 2.24. The van der Waals surface area contributed by atoms with Crippen molar-refractivity contribution < 1.29 is 12.6 Å². The Morgan fingerprint density at radius 2 is 1.67 bits per heavy atom. The Hall–Kier alpha value is -2.20. The number of hydrogen-bond donors (Lipinski definition) is 0. The molecule has 1 atom stereocenters. The summed E-state index contributed by atoms with van der Waals surface area (Å²) in [5, 5.41) is 8.81. The van der Waals surface area contributed by atoms with E-state index < -0.39 is 16.2 Å². The Bertz CT molecular complexity index is 818. The van der Waals surface area contributed by atoms with Crippen molar-refractivity contribution in [3.05, 3.63) is 71.8 Å². The zero-order valence-corrected chi connectivity index (χ0v) is 16.4. The van der Waals surface area contributed by atoms with E-state index in [1.807, 2.05) is 48.5 Å². The Balaban J connectivity index is 2.07. The van der Waals surface area contributed by atoms with Gasteiger partial charge in [0, 0.05) is 19.5 Å². The van der Waals surface area contributed by atoms with Crippen LogP contribution >= 0.6 is 0 Å². The molecule has 144 valence electrons. The van der Waals surface area contributed by atoms with Gasteiger partial charge < -0.3 is 0 Å². The second-order valence-corrected chi connectivity index (χ2v) is 8.11. The predicted octanol–water partition coefficient (Wildman–Crippen LogP) is 3.90. The van der Waals surface area contributed by atoms with Crippen LogP contribution in [0.2, 0.25) is 0 Å². The molecule has 0 radical (unpaired) electrons. The maximum atomic E-state index is 11.7. The predicted molar refractivity (Wildman–Crippen MR) is 106 cm³/mol.